The van der Waals surface area contributed by atoms with Gasteiger partial charge in [0.05, 0.1) is 31.8 Å². The Morgan fingerprint density at radius 2 is 1.83 bits per heavy atom. The molecule has 3 aromatic heterocycles. The SMILES string of the molecule is Cc1nc2ccc(NC(=O)Cn3cnc4sc(C(=O)Nc5ccccc5C)c(C)c4c3=O)cc2s1. The zero-order valence-electron chi connectivity index (χ0n) is 19.2. The Bertz CT molecular complexity index is 1680. The average Bonchev–Trinajstić information content (AvgIpc) is 3.36. The fourth-order valence-electron chi connectivity index (χ4n) is 3.85. The van der Waals surface area contributed by atoms with Gasteiger partial charge in [0.2, 0.25) is 5.91 Å². The number of thiophene rings is 1. The van der Waals surface area contributed by atoms with E-state index >= 15 is 0 Å². The lowest BCUT2D eigenvalue weighted by molar-refractivity contribution is -0.116. The maximum Gasteiger partial charge on any atom is 0.266 e. The van der Waals surface area contributed by atoms with Gasteiger partial charge in [-0.05, 0) is 56.2 Å². The van der Waals surface area contributed by atoms with Crippen LogP contribution in [-0.2, 0) is 11.3 Å². The van der Waals surface area contributed by atoms with Crippen molar-refractivity contribution < 1.29 is 9.59 Å². The van der Waals surface area contributed by atoms with Crippen LogP contribution in [0, 0.1) is 20.8 Å². The van der Waals surface area contributed by atoms with E-state index in [1.54, 1.807) is 24.3 Å². The van der Waals surface area contributed by atoms with Crippen molar-refractivity contribution in [3.05, 3.63) is 80.2 Å². The maximum atomic E-state index is 13.2. The first-order chi connectivity index (χ1) is 16.8. The minimum atomic E-state index is -0.359. The van der Waals surface area contributed by atoms with Crippen LogP contribution in [0.1, 0.15) is 25.8 Å². The first kappa shape index (κ1) is 22.9. The Morgan fingerprint density at radius 3 is 2.63 bits per heavy atom. The second-order valence-electron chi connectivity index (χ2n) is 8.15. The van der Waals surface area contributed by atoms with Gasteiger partial charge in [0, 0.05) is 11.4 Å². The van der Waals surface area contributed by atoms with Crippen molar-refractivity contribution in [3.8, 4) is 0 Å². The number of anilines is 2. The quantitative estimate of drug-likeness (QED) is 0.355. The third kappa shape index (κ3) is 4.45. The number of rotatable bonds is 5. The Hall–Kier alpha value is -3.89. The molecule has 5 rings (SSSR count). The molecule has 0 aliphatic carbocycles. The van der Waals surface area contributed by atoms with Gasteiger partial charge < -0.3 is 10.6 Å². The zero-order valence-corrected chi connectivity index (χ0v) is 20.8. The van der Waals surface area contributed by atoms with Crippen LogP contribution in [-0.4, -0.2) is 26.3 Å². The molecule has 176 valence electrons. The molecule has 0 fully saturated rings. The number of amides is 2. The van der Waals surface area contributed by atoms with Crippen LogP contribution >= 0.6 is 22.7 Å². The van der Waals surface area contributed by atoms with Gasteiger partial charge in [0.25, 0.3) is 11.5 Å². The van der Waals surface area contributed by atoms with E-state index in [9.17, 15) is 14.4 Å². The Labute approximate surface area is 208 Å². The third-order valence-corrected chi connectivity index (χ3v) is 7.74. The number of hydrogen-bond acceptors (Lipinski definition) is 7. The lowest BCUT2D eigenvalue weighted by Crippen LogP contribution is -2.28. The lowest BCUT2D eigenvalue weighted by Gasteiger charge is -2.08. The molecule has 0 unspecified atom stereocenters. The molecule has 35 heavy (non-hydrogen) atoms. The molecular formula is C25H21N5O3S2. The van der Waals surface area contributed by atoms with E-state index in [4.69, 9.17) is 0 Å². The summed E-state index contributed by atoms with van der Waals surface area (Å²) in [5.41, 5.74) is 3.36. The molecule has 0 radical (unpaired) electrons. The highest BCUT2D eigenvalue weighted by Gasteiger charge is 2.20. The van der Waals surface area contributed by atoms with Gasteiger partial charge in [-0.15, -0.1) is 22.7 Å². The van der Waals surface area contributed by atoms with Gasteiger partial charge in [-0.3, -0.25) is 19.0 Å². The summed E-state index contributed by atoms with van der Waals surface area (Å²) in [6.07, 6.45) is 1.35. The Morgan fingerprint density at radius 1 is 1.03 bits per heavy atom. The van der Waals surface area contributed by atoms with E-state index in [-0.39, 0.29) is 23.9 Å². The molecule has 8 nitrogen and oxygen atoms in total. The van der Waals surface area contributed by atoms with Crippen LogP contribution in [0.3, 0.4) is 0 Å². The van der Waals surface area contributed by atoms with Gasteiger partial charge in [-0.2, -0.15) is 0 Å². The normalized spacial score (nSPS) is 11.2. The predicted molar refractivity (Wildman–Crippen MR) is 141 cm³/mol. The third-order valence-electron chi connectivity index (χ3n) is 5.61. The summed E-state index contributed by atoms with van der Waals surface area (Å²) >= 11 is 2.71. The highest BCUT2D eigenvalue weighted by Crippen LogP contribution is 2.28. The van der Waals surface area contributed by atoms with Crippen molar-refractivity contribution in [3.63, 3.8) is 0 Å². The highest BCUT2D eigenvalue weighted by molar-refractivity contribution is 7.20. The molecule has 5 aromatic rings. The average molecular weight is 504 g/mol. The van der Waals surface area contributed by atoms with Crippen LogP contribution < -0.4 is 16.2 Å². The summed E-state index contributed by atoms with van der Waals surface area (Å²) in [5, 5.41) is 7.03. The molecule has 0 spiro atoms. The first-order valence-corrected chi connectivity index (χ1v) is 12.5. The second kappa shape index (κ2) is 9.05. The summed E-state index contributed by atoms with van der Waals surface area (Å²) in [7, 11) is 0. The molecule has 10 heteroatoms. The van der Waals surface area contributed by atoms with E-state index in [2.05, 4.69) is 20.6 Å². The summed E-state index contributed by atoms with van der Waals surface area (Å²) in [5.74, 6) is -0.642. The fraction of sp³-hybridized carbons (Fsp3) is 0.160. The monoisotopic (exact) mass is 503 g/mol. The Balaban J connectivity index is 1.38. The lowest BCUT2D eigenvalue weighted by atomic mass is 10.2. The molecule has 0 saturated carbocycles. The topological polar surface area (TPSA) is 106 Å². The number of fused-ring (bicyclic) bond motifs is 2. The number of nitrogens with one attached hydrogen (secondary N) is 2. The standard InChI is InChI=1S/C25H21N5O3S2/c1-13-6-4-5-7-17(13)29-23(32)22-14(2)21-24(35-22)26-12-30(25(21)33)11-20(31)28-16-8-9-18-19(10-16)34-15(3)27-18/h4-10,12H,11H2,1-3H3,(H,28,31)(H,29,32). The molecule has 0 aliphatic rings. The molecule has 0 bridgehead atoms. The summed E-state index contributed by atoms with van der Waals surface area (Å²) in [6.45, 7) is 5.38. The molecule has 2 N–H and O–H groups in total. The second-order valence-corrected chi connectivity index (χ2v) is 10.4. The first-order valence-electron chi connectivity index (χ1n) is 10.8. The molecule has 0 saturated heterocycles. The number of aryl methyl sites for hydroxylation is 3. The van der Waals surface area contributed by atoms with Gasteiger partial charge in [0.15, 0.2) is 0 Å². The number of carbonyl (C=O) groups excluding carboxylic acids is 2. The largest absolute Gasteiger partial charge is 0.324 e. The summed E-state index contributed by atoms with van der Waals surface area (Å²) < 4.78 is 2.24. The number of nitrogens with zero attached hydrogens (tertiary/aromatic N) is 3. The van der Waals surface area contributed by atoms with Crippen LogP contribution in [0.15, 0.2) is 53.6 Å². The summed E-state index contributed by atoms with van der Waals surface area (Å²) in [4.78, 5) is 48.4. The molecule has 0 atom stereocenters. The smallest absolute Gasteiger partial charge is 0.266 e. The van der Waals surface area contributed by atoms with Crippen LogP contribution in [0.4, 0.5) is 11.4 Å². The number of aromatic nitrogens is 3. The van der Waals surface area contributed by atoms with Crippen LogP contribution in [0.25, 0.3) is 20.4 Å². The predicted octanol–water partition coefficient (Wildman–Crippen LogP) is 4.88. The van der Waals surface area contributed by atoms with E-state index in [1.165, 1.54) is 10.9 Å². The van der Waals surface area contributed by atoms with E-state index in [0.29, 0.717) is 32.0 Å². The van der Waals surface area contributed by atoms with E-state index in [0.717, 1.165) is 32.1 Å². The summed E-state index contributed by atoms with van der Waals surface area (Å²) in [6, 6.07) is 13.0. The highest BCUT2D eigenvalue weighted by atomic mass is 32.1. The van der Waals surface area contributed by atoms with Gasteiger partial charge in [0.1, 0.15) is 11.4 Å². The van der Waals surface area contributed by atoms with Crippen molar-refractivity contribution >= 4 is 66.3 Å². The number of thiazole rings is 1. The zero-order chi connectivity index (χ0) is 24.7. The van der Waals surface area contributed by atoms with Crippen LogP contribution in [0.5, 0.6) is 0 Å². The number of hydrogen-bond donors (Lipinski definition) is 2. The van der Waals surface area contributed by atoms with Gasteiger partial charge in [-0.25, -0.2) is 9.97 Å². The van der Waals surface area contributed by atoms with Crippen LogP contribution in [0.2, 0.25) is 0 Å². The van der Waals surface area contributed by atoms with E-state index < -0.39 is 0 Å². The van der Waals surface area contributed by atoms with Crippen molar-refractivity contribution in [2.24, 2.45) is 0 Å². The minimum Gasteiger partial charge on any atom is -0.324 e. The number of carbonyl (C=O) groups is 2. The van der Waals surface area contributed by atoms with Crippen molar-refractivity contribution in [2.75, 3.05) is 10.6 Å². The van der Waals surface area contributed by atoms with E-state index in [1.807, 2.05) is 50.2 Å². The number of para-hydroxylation sites is 1. The fourth-order valence-corrected chi connectivity index (χ4v) is 5.75. The molecule has 2 aromatic carbocycles. The molecule has 3 heterocycles. The Kier molecular flexibility index (Phi) is 5.91. The van der Waals surface area contributed by atoms with Crippen molar-refractivity contribution in [1.29, 1.82) is 0 Å². The van der Waals surface area contributed by atoms with Gasteiger partial charge >= 0.3 is 0 Å². The molecule has 0 aliphatic heterocycles. The maximum absolute atomic E-state index is 13.2. The number of benzene rings is 2. The minimum absolute atomic E-state index is 0.193. The van der Waals surface area contributed by atoms with Gasteiger partial charge in [-0.1, -0.05) is 18.2 Å². The van der Waals surface area contributed by atoms with Crippen molar-refractivity contribution in [1.82, 2.24) is 14.5 Å². The van der Waals surface area contributed by atoms with Crippen molar-refractivity contribution in [2.45, 2.75) is 27.3 Å². The molecule has 2 amide bonds. The molecular weight excluding hydrogens is 482 g/mol.